The molecule has 0 fully saturated rings. The summed E-state index contributed by atoms with van der Waals surface area (Å²) in [4.78, 5) is 25.2. The largest absolute Gasteiger partial charge is 0.424 e. The highest BCUT2D eigenvalue weighted by Gasteiger charge is 2.23. The number of nitrogens with two attached hydrogens (primary N) is 1. The highest BCUT2D eigenvalue weighted by molar-refractivity contribution is 5.78. The van der Waals surface area contributed by atoms with Crippen molar-refractivity contribution in [3.63, 3.8) is 0 Å². The van der Waals surface area contributed by atoms with E-state index in [1.54, 1.807) is 13.8 Å². The van der Waals surface area contributed by atoms with E-state index in [1.807, 2.05) is 0 Å². The standard InChI is InChI=1S/C12H14N4O4/c1-12(2,6-10(13)17)15-11-14-8-5-7(16(18)19)3-4-9(8)20-11/h3-5H,6H2,1-2H3,(H2,13,17)(H,14,15). The molecule has 0 unspecified atom stereocenters. The molecule has 8 nitrogen and oxygen atoms in total. The summed E-state index contributed by atoms with van der Waals surface area (Å²) in [6.07, 6.45) is 0.103. The highest BCUT2D eigenvalue weighted by atomic mass is 16.6. The predicted octanol–water partition coefficient (Wildman–Crippen LogP) is 1.80. The first-order chi connectivity index (χ1) is 9.27. The minimum absolute atomic E-state index is 0.0613. The summed E-state index contributed by atoms with van der Waals surface area (Å²) in [5.74, 6) is -0.450. The van der Waals surface area contributed by atoms with E-state index in [2.05, 4.69) is 10.3 Å². The maximum absolute atomic E-state index is 11.0. The van der Waals surface area contributed by atoms with Crippen LogP contribution in [0.5, 0.6) is 0 Å². The number of nitro groups is 1. The fourth-order valence-electron chi connectivity index (χ4n) is 1.85. The van der Waals surface area contributed by atoms with E-state index in [1.165, 1.54) is 18.2 Å². The van der Waals surface area contributed by atoms with Crippen LogP contribution in [0.3, 0.4) is 0 Å². The summed E-state index contributed by atoms with van der Waals surface area (Å²) in [6.45, 7) is 3.55. The van der Waals surface area contributed by atoms with E-state index in [9.17, 15) is 14.9 Å². The van der Waals surface area contributed by atoms with Crippen LogP contribution in [-0.4, -0.2) is 21.4 Å². The van der Waals surface area contributed by atoms with Gasteiger partial charge in [0.1, 0.15) is 5.52 Å². The van der Waals surface area contributed by atoms with E-state index in [-0.39, 0.29) is 18.1 Å². The summed E-state index contributed by atoms with van der Waals surface area (Å²) < 4.78 is 5.42. The molecule has 2 rings (SSSR count). The number of anilines is 1. The van der Waals surface area contributed by atoms with Crippen LogP contribution in [0.2, 0.25) is 0 Å². The van der Waals surface area contributed by atoms with Crippen molar-refractivity contribution < 1.29 is 14.1 Å². The van der Waals surface area contributed by atoms with E-state index in [0.29, 0.717) is 11.1 Å². The lowest BCUT2D eigenvalue weighted by molar-refractivity contribution is -0.384. The van der Waals surface area contributed by atoms with Gasteiger partial charge in [-0.25, -0.2) is 0 Å². The van der Waals surface area contributed by atoms with Gasteiger partial charge in [0.15, 0.2) is 5.58 Å². The lowest BCUT2D eigenvalue weighted by Gasteiger charge is -2.23. The van der Waals surface area contributed by atoms with Gasteiger partial charge in [-0.1, -0.05) is 0 Å². The normalized spacial score (nSPS) is 11.5. The molecule has 0 aliphatic heterocycles. The minimum Gasteiger partial charge on any atom is -0.424 e. The Bertz CT molecular complexity index is 677. The Morgan fingerprint density at radius 3 is 2.85 bits per heavy atom. The number of nitro benzene ring substituents is 1. The molecule has 0 saturated carbocycles. The molecule has 0 radical (unpaired) electrons. The van der Waals surface area contributed by atoms with Gasteiger partial charge in [-0.3, -0.25) is 14.9 Å². The molecular weight excluding hydrogens is 264 g/mol. The smallest absolute Gasteiger partial charge is 0.296 e. The fraction of sp³-hybridized carbons (Fsp3) is 0.333. The number of carbonyl (C=O) groups excluding carboxylic acids is 1. The monoisotopic (exact) mass is 278 g/mol. The van der Waals surface area contributed by atoms with Gasteiger partial charge >= 0.3 is 0 Å². The molecule has 1 amide bonds. The molecule has 0 bridgehead atoms. The Balaban J connectivity index is 2.28. The lowest BCUT2D eigenvalue weighted by atomic mass is 10.0. The van der Waals surface area contributed by atoms with Gasteiger partial charge in [-0.15, -0.1) is 0 Å². The number of amides is 1. The van der Waals surface area contributed by atoms with Crippen molar-refractivity contribution in [1.29, 1.82) is 0 Å². The lowest BCUT2D eigenvalue weighted by Crippen LogP contribution is -2.36. The SMILES string of the molecule is CC(C)(CC(N)=O)Nc1nc2cc([N+](=O)[O-])ccc2o1. The first kappa shape index (κ1) is 13.8. The number of benzene rings is 1. The molecule has 0 spiro atoms. The van der Waals surface area contributed by atoms with Crippen LogP contribution < -0.4 is 11.1 Å². The number of nitrogens with one attached hydrogen (secondary N) is 1. The van der Waals surface area contributed by atoms with Crippen molar-refractivity contribution in [3.05, 3.63) is 28.3 Å². The molecule has 1 heterocycles. The van der Waals surface area contributed by atoms with Crippen molar-refractivity contribution in [2.45, 2.75) is 25.8 Å². The Hall–Kier alpha value is -2.64. The van der Waals surface area contributed by atoms with Crippen molar-refractivity contribution in [1.82, 2.24) is 4.98 Å². The molecule has 3 N–H and O–H groups in total. The van der Waals surface area contributed by atoms with E-state index >= 15 is 0 Å². The Morgan fingerprint density at radius 1 is 1.55 bits per heavy atom. The Morgan fingerprint density at radius 2 is 2.25 bits per heavy atom. The summed E-state index contributed by atoms with van der Waals surface area (Å²) in [5, 5.41) is 13.6. The van der Waals surface area contributed by atoms with Gasteiger partial charge < -0.3 is 15.5 Å². The number of oxazole rings is 1. The molecular formula is C12H14N4O4. The van der Waals surface area contributed by atoms with Gasteiger partial charge in [-0.05, 0) is 19.9 Å². The highest BCUT2D eigenvalue weighted by Crippen LogP contribution is 2.25. The first-order valence-electron chi connectivity index (χ1n) is 5.88. The summed E-state index contributed by atoms with van der Waals surface area (Å²) >= 11 is 0. The molecule has 0 saturated heterocycles. The number of nitrogens with zero attached hydrogens (tertiary/aromatic N) is 2. The minimum atomic E-state index is -0.626. The van der Waals surface area contributed by atoms with E-state index in [0.717, 1.165) is 0 Å². The second-order valence-corrected chi connectivity index (χ2v) is 5.08. The van der Waals surface area contributed by atoms with Gasteiger partial charge in [-0.2, -0.15) is 4.98 Å². The average molecular weight is 278 g/mol. The number of carbonyl (C=O) groups is 1. The first-order valence-corrected chi connectivity index (χ1v) is 5.88. The van der Waals surface area contributed by atoms with E-state index < -0.39 is 16.4 Å². The molecule has 1 aromatic carbocycles. The van der Waals surface area contributed by atoms with Gasteiger partial charge in [0, 0.05) is 24.1 Å². The molecule has 0 aliphatic rings. The Kier molecular flexibility index (Phi) is 3.31. The Labute approximate surface area is 114 Å². The fourth-order valence-corrected chi connectivity index (χ4v) is 1.85. The van der Waals surface area contributed by atoms with Crippen LogP contribution in [0.15, 0.2) is 22.6 Å². The topological polar surface area (TPSA) is 124 Å². The van der Waals surface area contributed by atoms with Crippen LogP contribution >= 0.6 is 0 Å². The number of hydrogen-bond donors (Lipinski definition) is 2. The molecule has 8 heteroatoms. The zero-order valence-corrected chi connectivity index (χ0v) is 11.0. The average Bonchev–Trinajstić information content (AvgIpc) is 2.66. The number of primary amides is 1. The zero-order valence-electron chi connectivity index (χ0n) is 11.0. The molecule has 0 aliphatic carbocycles. The maximum Gasteiger partial charge on any atom is 0.296 e. The third kappa shape index (κ3) is 3.02. The van der Waals surface area contributed by atoms with Crippen LogP contribution in [0.4, 0.5) is 11.7 Å². The van der Waals surface area contributed by atoms with Crippen LogP contribution in [-0.2, 0) is 4.79 Å². The number of aromatic nitrogens is 1. The maximum atomic E-state index is 11.0. The quantitative estimate of drug-likeness (QED) is 0.634. The van der Waals surface area contributed by atoms with Crippen molar-refractivity contribution in [2.24, 2.45) is 5.73 Å². The summed E-state index contributed by atoms with van der Waals surface area (Å²) in [7, 11) is 0. The third-order valence-corrected chi connectivity index (χ3v) is 2.64. The van der Waals surface area contributed by atoms with Crippen LogP contribution in [0.25, 0.3) is 11.1 Å². The molecule has 2 aromatic rings. The number of fused-ring (bicyclic) bond motifs is 1. The number of non-ortho nitro benzene ring substituents is 1. The van der Waals surface area contributed by atoms with E-state index in [4.69, 9.17) is 10.2 Å². The van der Waals surface area contributed by atoms with Gasteiger partial charge in [0.2, 0.25) is 5.91 Å². The van der Waals surface area contributed by atoms with Crippen LogP contribution in [0, 0.1) is 10.1 Å². The second kappa shape index (κ2) is 4.80. The summed E-state index contributed by atoms with van der Waals surface area (Å²) in [5.41, 5.74) is 5.26. The summed E-state index contributed by atoms with van der Waals surface area (Å²) in [6, 6.07) is 4.33. The van der Waals surface area contributed by atoms with Crippen LogP contribution in [0.1, 0.15) is 20.3 Å². The van der Waals surface area contributed by atoms with Crippen molar-refractivity contribution in [3.8, 4) is 0 Å². The van der Waals surface area contributed by atoms with Crippen molar-refractivity contribution in [2.75, 3.05) is 5.32 Å². The molecule has 20 heavy (non-hydrogen) atoms. The molecule has 0 atom stereocenters. The van der Waals surface area contributed by atoms with Crippen molar-refractivity contribution >= 4 is 28.7 Å². The second-order valence-electron chi connectivity index (χ2n) is 5.08. The number of hydrogen-bond acceptors (Lipinski definition) is 6. The van der Waals surface area contributed by atoms with Gasteiger partial charge in [0.25, 0.3) is 11.7 Å². The number of rotatable bonds is 5. The predicted molar refractivity (Wildman–Crippen MR) is 72.2 cm³/mol. The zero-order chi connectivity index (χ0) is 14.9. The third-order valence-electron chi connectivity index (χ3n) is 2.64. The molecule has 106 valence electrons. The molecule has 1 aromatic heterocycles. The van der Waals surface area contributed by atoms with Gasteiger partial charge in [0.05, 0.1) is 4.92 Å².